The zero-order chi connectivity index (χ0) is 11.9. The van der Waals surface area contributed by atoms with Crippen molar-refractivity contribution in [1.29, 1.82) is 0 Å². The van der Waals surface area contributed by atoms with Crippen LogP contribution in [-0.4, -0.2) is 73.7 Å². The van der Waals surface area contributed by atoms with Crippen LogP contribution in [0.1, 0.15) is 19.3 Å². The summed E-state index contributed by atoms with van der Waals surface area (Å²) in [5.41, 5.74) is 0. The number of piperidine rings is 1. The standard InChI is InChI=1S/C13H27N3S/c1-15-7-2-8-16(10-9-15)11-12-17-13-3-5-14-6-4-13/h13-14H,2-12H2,1H3. The van der Waals surface area contributed by atoms with E-state index in [1.807, 2.05) is 0 Å². The van der Waals surface area contributed by atoms with E-state index in [4.69, 9.17) is 0 Å². The molecule has 2 aliphatic rings. The smallest absolute Gasteiger partial charge is 0.0110 e. The Morgan fingerprint density at radius 1 is 1.12 bits per heavy atom. The van der Waals surface area contributed by atoms with Crippen molar-refractivity contribution in [1.82, 2.24) is 15.1 Å². The van der Waals surface area contributed by atoms with Gasteiger partial charge in [-0.3, -0.25) is 0 Å². The summed E-state index contributed by atoms with van der Waals surface area (Å²) in [4.78, 5) is 5.11. The first-order valence-corrected chi connectivity index (χ1v) is 8.13. The van der Waals surface area contributed by atoms with Gasteiger partial charge in [-0.25, -0.2) is 0 Å². The van der Waals surface area contributed by atoms with Crippen LogP contribution in [0, 0.1) is 0 Å². The van der Waals surface area contributed by atoms with Crippen LogP contribution in [0.15, 0.2) is 0 Å². The van der Waals surface area contributed by atoms with Gasteiger partial charge in [-0.05, 0) is 52.5 Å². The molecular formula is C13H27N3S. The molecule has 1 N–H and O–H groups in total. The van der Waals surface area contributed by atoms with Crippen molar-refractivity contribution in [2.45, 2.75) is 24.5 Å². The van der Waals surface area contributed by atoms with Crippen LogP contribution in [0.3, 0.4) is 0 Å². The number of nitrogens with one attached hydrogen (secondary N) is 1. The predicted octanol–water partition coefficient (Wildman–Crippen LogP) is 1.11. The van der Waals surface area contributed by atoms with Crippen LogP contribution in [0.4, 0.5) is 0 Å². The highest BCUT2D eigenvalue weighted by Gasteiger charge is 2.15. The third-order valence-corrected chi connectivity index (χ3v) is 5.22. The second-order valence-electron chi connectivity index (χ2n) is 5.32. The van der Waals surface area contributed by atoms with Gasteiger partial charge in [-0.15, -0.1) is 0 Å². The highest BCUT2D eigenvalue weighted by Crippen LogP contribution is 2.20. The van der Waals surface area contributed by atoms with Crippen molar-refractivity contribution in [3.63, 3.8) is 0 Å². The molecule has 0 amide bonds. The normalized spacial score (nSPS) is 25.9. The summed E-state index contributed by atoms with van der Waals surface area (Å²) in [5, 5.41) is 4.36. The van der Waals surface area contributed by atoms with Crippen molar-refractivity contribution < 1.29 is 0 Å². The molecule has 17 heavy (non-hydrogen) atoms. The SMILES string of the molecule is CN1CCCN(CCSC2CCNCC2)CC1. The molecule has 4 heteroatoms. The van der Waals surface area contributed by atoms with Gasteiger partial charge < -0.3 is 15.1 Å². The number of rotatable bonds is 4. The van der Waals surface area contributed by atoms with E-state index in [0.717, 1.165) is 5.25 Å². The molecule has 2 aliphatic heterocycles. The minimum atomic E-state index is 0.922. The number of thioether (sulfide) groups is 1. The zero-order valence-corrected chi connectivity index (χ0v) is 12.0. The van der Waals surface area contributed by atoms with Gasteiger partial charge in [0.25, 0.3) is 0 Å². The highest BCUT2D eigenvalue weighted by molar-refractivity contribution is 7.99. The largest absolute Gasteiger partial charge is 0.317 e. The molecule has 100 valence electrons. The van der Waals surface area contributed by atoms with Crippen LogP contribution in [0.25, 0.3) is 0 Å². The maximum absolute atomic E-state index is 3.44. The van der Waals surface area contributed by atoms with Crippen molar-refractivity contribution in [3.8, 4) is 0 Å². The number of nitrogens with zero attached hydrogens (tertiary/aromatic N) is 2. The summed E-state index contributed by atoms with van der Waals surface area (Å²) in [6.45, 7) is 8.84. The number of hydrogen-bond donors (Lipinski definition) is 1. The van der Waals surface area contributed by atoms with E-state index >= 15 is 0 Å². The molecule has 2 rings (SSSR count). The molecule has 0 atom stereocenters. The molecule has 0 bridgehead atoms. The first-order chi connectivity index (χ1) is 8.34. The first-order valence-electron chi connectivity index (χ1n) is 7.08. The van der Waals surface area contributed by atoms with Crippen molar-refractivity contribution in [3.05, 3.63) is 0 Å². The van der Waals surface area contributed by atoms with Gasteiger partial charge in [0.15, 0.2) is 0 Å². The molecule has 0 aromatic carbocycles. The fraction of sp³-hybridized carbons (Fsp3) is 1.00. The topological polar surface area (TPSA) is 18.5 Å². The molecule has 0 aromatic heterocycles. The molecule has 2 fully saturated rings. The zero-order valence-electron chi connectivity index (χ0n) is 11.2. The van der Waals surface area contributed by atoms with Gasteiger partial charge >= 0.3 is 0 Å². The van der Waals surface area contributed by atoms with Crippen molar-refractivity contribution in [2.75, 3.05) is 58.6 Å². The Hall–Kier alpha value is 0.230. The lowest BCUT2D eigenvalue weighted by Crippen LogP contribution is -2.32. The van der Waals surface area contributed by atoms with Gasteiger partial charge in [0.05, 0.1) is 0 Å². The molecule has 3 nitrogen and oxygen atoms in total. The molecule has 2 heterocycles. The number of hydrogen-bond acceptors (Lipinski definition) is 4. The molecular weight excluding hydrogens is 230 g/mol. The van der Waals surface area contributed by atoms with E-state index in [9.17, 15) is 0 Å². The van der Waals surface area contributed by atoms with Crippen LogP contribution < -0.4 is 5.32 Å². The third kappa shape index (κ3) is 5.16. The highest BCUT2D eigenvalue weighted by atomic mass is 32.2. The summed E-state index contributed by atoms with van der Waals surface area (Å²) < 4.78 is 0. The van der Waals surface area contributed by atoms with Crippen molar-refractivity contribution >= 4 is 11.8 Å². The summed E-state index contributed by atoms with van der Waals surface area (Å²) in [6, 6.07) is 0. The summed E-state index contributed by atoms with van der Waals surface area (Å²) >= 11 is 2.20. The van der Waals surface area contributed by atoms with Crippen LogP contribution in [0.2, 0.25) is 0 Å². The molecule has 0 spiro atoms. The molecule has 0 saturated carbocycles. The fourth-order valence-electron chi connectivity index (χ4n) is 2.63. The Bertz CT molecular complexity index is 207. The van der Waals surface area contributed by atoms with E-state index in [-0.39, 0.29) is 0 Å². The van der Waals surface area contributed by atoms with E-state index in [0.29, 0.717) is 0 Å². The maximum atomic E-state index is 3.44. The second kappa shape index (κ2) is 7.62. The van der Waals surface area contributed by atoms with Gasteiger partial charge in [0.1, 0.15) is 0 Å². The second-order valence-corrected chi connectivity index (χ2v) is 6.73. The Labute approximate surface area is 110 Å². The summed E-state index contributed by atoms with van der Waals surface area (Å²) in [5.74, 6) is 1.33. The minimum absolute atomic E-state index is 0.922. The molecule has 0 unspecified atom stereocenters. The van der Waals surface area contributed by atoms with Crippen LogP contribution >= 0.6 is 11.8 Å². The Morgan fingerprint density at radius 2 is 1.94 bits per heavy atom. The minimum Gasteiger partial charge on any atom is -0.317 e. The Balaban J connectivity index is 1.57. The van der Waals surface area contributed by atoms with Crippen LogP contribution in [-0.2, 0) is 0 Å². The van der Waals surface area contributed by atoms with E-state index < -0.39 is 0 Å². The summed E-state index contributed by atoms with van der Waals surface area (Å²) in [7, 11) is 2.24. The average Bonchev–Trinajstić information content (AvgIpc) is 2.56. The van der Waals surface area contributed by atoms with Crippen LogP contribution in [0.5, 0.6) is 0 Å². The van der Waals surface area contributed by atoms with Gasteiger partial charge in [0.2, 0.25) is 0 Å². The lowest BCUT2D eigenvalue weighted by Gasteiger charge is -2.24. The molecule has 0 radical (unpaired) electrons. The summed E-state index contributed by atoms with van der Waals surface area (Å²) in [6.07, 6.45) is 4.08. The van der Waals surface area contributed by atoms with Gasteiger partial charge in [0, 0.05) is 30.6 Å². The van der Waals surface area contributed by atoms with E-state index in [2.05, 4.69) is 33.9 Å². The fourth-order valence-corrected chi connectivity index (χ4v) is 3.90. The number of likely N-dealkylation sites (N-methyl/N-ethyl adjacent to an activating group) is 1. The Kier molecular flexibility index (Phi) is 6.12. The van der Waals surface area contributed by atoms with Gasteiger partial charge in [-0.2, -0.15) is 11.8 Å². The molecule has 0 aromatic rings. The average molecular weight is 257 g/mol. The Morgan fingerprint density at radius 3 is 2.76 bits per heavy atom. The lowest BCUT2D eigenvalue weighted by molar-refractivity contribution is 0.290. The third-order valence-electron chi connectivity index (χ3n) is 3.86. The van der Waals surface area contributed by atoms with Gasteiger partial charge in [-0.1, -0.05) is 0 Å². The molecule has 0 aliphatic carbocycles. The van der Waals surface area contributed by atoms with Crippen molar-refractivity contribution in [2.24, 2.45) is 0 Å². The van der Waals surface area contributed by atoms with E-state index in [1.54, 1.807) is 0 Å². The van der Waals surface area contributed by atoms with E-state index in [1.165, 1.54) is 70.8 Å². The predicted molar refractivity (Wildman–Crippen MR) is 76.9 cm³/mol. The maximum Gasteiger partial charge on any atom is 0.0110 e. The quantitative estimate of drug-likeness (QED) is 0.813. The molecule has 2 saturated heterocycles. The monoisotopic (exact) mass is 257 g/mol. The first kappa shape index (κ1) is 13.7. The lowest BCUT2D eigenvalue weighted by atomic mass is 10.2.